The Morgan fingerprint density at radius 2 is 2.33 bits per heavy atom. The number of hydrogen-bond donors (Lipinski definition) is 2. The molecule has 0 spiro atoms. The van der Waals surface area contributed by atoms with E-state index in [1.165, 1.54) is 6.42 Å². The van der Waals surface area contributed by atoms with Crippen LogP contribution in [0.25, 0.3) is 0 Å². The number of carboxylic acid groups (broad SMARTS) is 1. The maximum absolute atomic E-state index is 10.3. The van der Waals surface area contributed by atoms with Crippen LogP contribution in [0.1, 0.15) is 32.1 Å². The highest BCUT2D eigenvalue weighted by atomic mass is 16.4. The van der Waals surface area contributed by atoms with E-state index in [1.807, 2.05) is 0 Å². The van der Waals surface area contributed by atoms with Gasteiger partial charge in [-0.1, -0.05) is 11.6 Å². The van der Waals surface area contributed by atoms with Gasteiger partial charge in [-0.15, -0.1) is 0 Å². The van der Waals surface area contributed by atoms with Crippen molar-refractivity contribution in [2.24, 2.45) is 0 Å². The van der Waals surface area contributed by atoms with Gasteiger partial charge in [0.05, 0.1) is 0 Å². The molecule has 0 heterocycles. The quantitative estimate of drug-likeness (QED) is 0.628. The summed E-state index contributed by atoms with van der Waals surface area (Å²) in [5.74, 6) is -1.12. The molecule has 68 valence electrons. The van der Waals surface area contributed by atoms with E-state index in [4.69, 9.17) is 10.2 Å². The molecule has 3 heteroatoms. The van der Waals surface area contributed by atoms with Crippen LogP contribution in [0.3, 0.4) is 0 Å². The van der Waals surface area contributed by atoms with E-state index in [1.54, 1.807) is 0 Å². The average molecular weight is 170 g/mol. The lowest BCUT2D eigenvalue weighted by molar-refractivity contribution is -0.146. The van der Waals surface area contributed by atoms with Crippen molar-refractivity contribution < 1.29 is 15.0 Å². The van der Waals surface area contributed by atoms with Crippen LogP contribution >= 0.6 is 0 Å². The maximum Gasteiger partial charge on any atom is 0.332 e. The monoisotopic (exact) mass is 170 g/mol. The van der Waals surface area contributed by atoms with Crippen LogP contribution in [-0.2, 0) is 4.79 Å². The molecule has 0 aromatic heterocycles. The molecular formula is C9H14O3. The predicted octanol–water partition coefficient (Wildman–Crippen LogP) is 1.32. The normalized spacial score (nSPS) is 19.9. The molecule has 1 rings (SSSR count). The fourth-order valence-electron chi connectivity index (χ4n) is 1.43. The van der Waals surface area contributed by atoms with Crippen LogP contribution in [0.5, 0.6) is 0 Å². The van der Waals surface area contributed by atoms with Crippen molar-refractivity contribution in [2.45, 2.75) is 38.2 Å². The Kier molecular flexibility index (Phi) is 3.29. The molecule has 0 aromatic carbocycles. The molecule has 0 saturated carbocycles. The minimum absolute atomic E-state index is 0.301. The van der Waals surface area contributed by atoms with Crippen LogP contribution in [-0.4, -0.2) is 22.3 Å². The summed E-state index contributed by atoms with van der Waals surface area (Å²) < 4.78 is 0. The standard InChI is InChI=1S/C9H14O3/c10-8(9(11)12)6-7-4-2-1-3-5-7/h4,8,10H,1-3,5-6H2,(H,11,12)/t8-/m0/s1. The fraction of sp³-hybridized carbons (Fsp3) is 0.667. The lowest BCUT2D eigenvalue weighted by atomic mass is 9.95. The summed E-state index contributed by atoms with van der Waals surface area (Å²) in [6, 6.07) is 0. The van der Waals surface area contributed by atoms with E-state index in [0.29, 0.717) is 6.42 Å². The van der Waals surface area contributed by atoms with E-state index in [-0.39, 0.29) is 0 Å². The zero-order chi connectivity index (χ0) is 8.97. The Morgan fingerprint density at radius 3 is 2.83 bits per heavy atom. The van der Waals surface area contributed by atoms with Crippen molar-refractivity contribution in [1.29, 1.82) is 0 Å². The molecule has 0 fully saturated rings. The molecule has 12 heavy (non-hydrogen) atoms. The first kappa shape index (κ1) is 9.26. The minimum Gasteiger partial charge on any atom is -0.479 e. The second kappa shape index (κ2) is 4.26. The van der Waals surface area contributed by atoms with Gasteiger partial charge in [0.1, 0.15) is 0 Å². The van der Waals surface area contributed by atoms with Crippen LogP contribution in [0.15, 0.2) is 11.6 Å². The number of carboxylic acids is 1. The molecule has 1 aliphatic rings. The Hall–Kier alpha value is -0.830. The third-order valence-electron chi connectivity index (χ3n) is 2.13. The van der Waals surface area contributed by atoms with Crippen molar-refractivity contribution in [1.82, 2.24) is 0 Å². The predicted molar refractivity (Wildman–Crippen MR) is 44.8 cm³/mol. The number of aliphatic carboxylic acids is 1. The van der Waals surface area contributed by atoms with Gasteiger partial charge >= 0.3 is 5.97 Å². The lowest BCUT2D eigenvalue weighted by Crippen LogP contribution is -2.20. The van der Waals surface area contributed by atoms with Crippen molar-refractivity contribution in [2.75, 3.05) is 0 Å². The number of aliphatic hydroxyl groups is 1. The van der Waals surface area contributed by atoms with Crippen LogP contribution in [0.2, 0.25) is 0 Å². The molecule has 3 nitrogen and oxygen atoms in total. The molecule has 1 aliphatic carbocycles. The van der Waals surface area contributed by atoms with Crippen molar-refractivity contribution in [3.8, 4) is 0 Å². The second-order valence-corrected chi connectivity index (χ2v) is 3.17. The zero-order valence-corrected chi connectivity index (χ0v) is 6.99. The first-order chi connectivity index (χ1) is 5.70. The molecule has 0 bridgehead atoms. The van der Waals surface area contributed by atoms with E-state index >= 15 is 0 Å². The number of carbonyl (C=O) groups is 1. The largest absolute Gasteiger partial charge is 0.479 e. The number of aliphatic hydroxyl groups excluding tert-OH is 1. The van der Waals surface area contributed by atoms with E-state index in [0.717, 1.165) is 24.8 Å². The number of rotatable bonds is 3. The summed E-state index contributed by atoms with van der Waals surface area (Å²) in [5, 5.41) is 17.5. The van der Waals surface area contributed by atoms with Crippen molar-refractivity contribution in [3.05, 3.63) is 11.6 Å². The topological polar surface area (TPSA) is 57.5 Å². The molecule has 0 aliphatic heterocycles. The Balaban J connectivity index is 2.39. The van der Waals surface area contributed by atoms with Gasteiger partial charge in [-0.05, 0) is 25.7 Å². The maximum atomic E-state index is 10.3. The Morgan fingerprint density at radius 1 is 1.58 bits per heavy atom. The van der Waals surface area contributed by atoms with Gasteiger partial charge in [0.15, 0.2) is 6.10 Å². The van der Waals surface area contributed by atoms with Gasteiger partial charge in [0, 0.05) is 6.42 Å². The van der Waals surface area contributed by atoms with Gasteiger partial charge in [0.2, 0.25) is 0 Å². The lowest BCUT2D eigenvalue weighted by Gasteiger charge is -2.13. The van der Waals surface area contributed by atoms with E-state index in [2.05, 4.69) is 6.08 Å². The van der Waals surface area contributed by atoms with Gasteiger partial charge in [-0.25, -0.2) is 4.79 Å². The third kappa shape index (κ3) is 2.66. The zero-order valence-electron chi connectivity index (χ0n) is 6.99. The minimum atomic E-state index is -1.21. The first-order valence-electron chi connectivity index (χ1n) is 4.29. The summed E-state index contributed by atoms with van der Waals surface area (Å²) in [5.41, 5.74) is 1.09. The average Bonchev–Trinajstić information content (AvgIpc) is 2.06. The molecule has 1 atom stereocenters. The highest BCUT2D eigenvalue weighted by molar-refractivity contribution is 5.72. The highest BCUT2D eigenvalue weighted by Crippen LogP contribution is 2.21. The summed E-state index contributed by atoms with van der Waals surface area (Å²) in [4.78, 5) is 10.3. The van der Waals surface area contributed by atoms with Gasteiger partial charge < -0.3 is 10.2 Å². The summed E-state index contributed by atoms with van der Waals surface area (Å²) in [7, 11) is 0. The van der Waals surface area contributed by atoms with E-state index in [9.17, 15) is 4.79 Å². The van der Waals surface area contributed by atoms with E-state index < -0.39 is 12.1 Å². The van der Waals surface area contributed by atoms with Crippen molar-refractivity contribution >= 4 is 5.97 Å². The summed E-state index contributed by atoms with van der Waals surface area (Å²) in [6.07, 6.45) is 5.43. The second-order valence-electron chi connectivity index (χ2n) is 3.17. The number of hydrogen-bond acceptors (Lipinski definition) is 2. The molecule has 0 amide bonds. The Labute approximate surface area is 71.7 Å². The van der Waals surface area contributed by atoms with Crippen molar-refractivity contribution in [3.63, 3.8) is 0 Å². The van der Waals surface area contributed by atoms with Crippen LogP contribution < -0.4 is 0 Å². The fourth-order valence-corrected chi connectivity index (χ4v) is 1.43. The highest BCUT2D eigenvalue weighted by Gasteiger charge is 2.15. The van der Waals surface area contributed by atoms with Gasteiger partial charge in [-0.2, -0.15) is 0 Å². The smallest absolute Gasteiger partial charge is 0.332 e. The Bertz CT molecular complexity index is 196. The third-order valence-corrected chi connectivity index (χ3v) is 2.13. The summed E-state index contributed by atoms with van der Waals surface area (Å²) in [6.45, 7) is 0. The molecule has 0 unspecified atom stereocenters. The van der Waals surface area contributed by atoms with Crippen LogP contribution in [0.4, 0.5) is 0 Å². The van der Waals surface area contributed by atoms with Gasteiger partial charge in [0.25, 0.3) is 0 Å². The molecule has 0 radical (unpaired) electrons. The molecule has 0 aromatic rings. The number of allylic oxidation sites excluding steroid dienone is 1. The molecular weight excluding hydrogens is 156 g/mol. The van der Waals surface area contributed by atoms with Gasteiger partial charge in [-0.3, -0.25) is 0 Å². The SMILES string of the molecule is O=C(O)[C@@H](O)CC1=CCCCC1. The van der Waals surface area contributed by atoms with Crippen LogP contribution in [0, 0.1) is 0 Å². The first-order valence-corrected chi connectivity index (χ1v) is 4.29. The summed E-state index contributed by atoms with van der Waals surface area (Å²) >= 11 is 0. The molecule has 2 N–H and O–H groups in total. The molecule has 0 saturated heterocycles.